The first-order valence-electron chi connectivity index (χ1n) is 10.2. The smallest absolute Gasteiger partial charge is 0.243 e. The predicted molar refractivity (Wildman–Crippen MR) is 118 cm³/mol. The third-order valence-corrected chi connectivity index (χ3v) is 5.90. The minimum atomic E-state index is -0.204. The number of anilines is 2. The fourth-order valence-corrected chi connectivity index (χ4v) is 4.13. The van der Waals surface area contributed by atoms with E-state index in [0.29, 0.717) is 5.02 Å². The minimum absolute atomic E-state index is 0.00205. The van der Waals surface area contributed by atoms with Gasteiger partial charge in [-0.3, -0.25) is 9.59 Å². The van der Waals surface area contributed by atoms with Crippen molar-refractivity contribution < 1.29 is 14.3 Å². The zero-order valence-corrected chi connectivity index (χ0v) is 17.8. The summed E-state index contributed by atoms with van der Waals surface area (Å²) in [6.07, 6.45) is 0.800. The van der Waals surface area contributed by atoms with Crippen LogP contribution in [-0.2, 0) is 14.3 Å². The third kappa shape index (κ3) is 4.94. The Kier molecular flexibility index (Phi) is 6.25. The summed E-state index contributed by atoms with van der Waals surface area (Å²) in [5.74, 6) is -0.0914. The number of hydrogen-bond donors (Lipinski definition) is 1. The Hall–Kier alpha value is -2.57. The number of halogens is 1. The number of carbonyl (C=O) groups is 2. The van der Waals surface area contributed by atoms with Crippen molar-refractivity contribution >= 4 is 34.8 Å². The molecule has 0 radical (unpaired) electrons. The average Bonchev–Trinajstić information content (AvgIpc) is 3.55. The number of hydrogen-bond acceptors (Lipinski definition) is 4. The Labute approximate surface area is 181 Å². The quantitative estimate of drug-likeness (QED) is 0.767. The van der Waals surface area contributed by atoms with Gasteiger partial charge in [0.1, 0.15) is 0 Å². The molecule has 158 valence electrons. The summed E-state index contributed by atoms with van der Waals surface area (Å²) in [4.78, 5) is 28.8. The number of rotatable bonds is 6. The highest BCUT2D eigenvalue weighted by molar-refractivity contribution is 6.30. The van der Waals surface area contributed by atoms with E-state index >= 15 is 0 Å². The number of carbonyl (C=O) groups excluding carboxylic acids is 2. The van der Waals surface area contributed by atoms with Crippen molar-refractivity contribution in [1.29, 1.82) is 0 Å². The van der Waals surface area contributed by atoms with Crippen LogP contribution in [0.1, 0.15) is 17.9 Å². The summed E-state index contributed by atoms with van der Waals surface area (Å²) in [6.45, 7) is 3.24. The SMILES string of the molecule is CN(CC(=O)Nc1ccc(N2CCOCC2)cc1)C(=O)C1CC1c1cccc(Cl)c1. The number of nitrogens with zero attached hydrogens (tertiary/aromatic N) is 2. The molecule has 1 heterocycles. The number of ether oxygens (including phenoxy) is 1. The van der Waals surface area contributed by atoms with Crippen LogP contribution in [0.4, 0.5) is 11.4 Å². The largest absolute Gasteiger partial charge is 0.378 e. The zero-order valence-electron chi connectivity index (χ0n) is 17.0. The van der Waals surface area contributed by atoms with Gasteiger partial charge < -0.3 is 19.9 Å². The van der Waals surface area contributed by atoms with E-state index in [-0.39, 0.29) is 30.2 Å². The van der Waals surface area contributed by atoms with Crippen LogP contribution < -0.4 is 10.2 Å². The second-order valence-corrected chi connectivity index (χ2v) is 8.33. The molecule has 1 saturated carbocycles. The highest BCUT2D eigenvalue weighted by Crippen LogP contribution is 2.48. The summed E-state index contributed by atoms with van der Waals surface area (Å²) in [6, 6.07) is 15.4. The molecule has 2 amide bonds. The molecular weight excluding hydrogens is 402 g/mol. The molecular formula is C23H26ClN3O3. The van der Waals surface area contributed by atoms with Gasteiger partial charge in [0.15, 0.2) is 0 Å². The van der Waals surface area contributed by atoms with Gasteiger partial charge in [-0.25, -0.2) is 0 Å². The Morgan fingerprint density at radius 3 is 2.60 bits per heavy atom. The lowest BCUT2D eigenvalue weighted by Crippen LogP contribution is -2.36. The fraction of sp³-hybridized carbons (Fsp3) is 0.391. The second-order valence-electron chi connectivity index (χ2n) is 7.89. The molecule has 7 heteroatoms. The van der Waals surface area contributed by atoms with Gasteiger partial charge in [0.25, 0.3) is 0 Å². The van der Waals surface area contributed by atoms with Crippen molar-refractivity contribution in [3.63, 3.8) is 0 Å². The van der Waals surface area contributed by atoms with Crippen molar-refractivity contribution in [3.8, 4) is 0 Å². The molecule has 1 aliphatic carbocycles. The van der Waals surface area contributed by atoms with Gasteiger partial charge in [-0.05, 0) is 54.3 Å². The predicted octanol–water partition coefficient (Wildman–Crippen LogP) is 3.38. The molecule has 1 N–H and O–H groups in total. The fourth-order valence-electron chi connectivity index (χ4n) is 3.93. The molecule has 2 aromatic rings. The van der Waals surface area contributed by atoms with Gasteiger partial charge in [-0.2, -0.15) is 0 Å². The van der Waals surface area contributed by atoms with Crippen LogP contribution >= 0.6 is 11.6 Å². The van der Waals surface area contributed by atoms with Crippen molar-refractivity contribution in [2.75, 3.05) is 50.1 Å². The highest BCUT2D eigenvalue weighted by Gasteiger charge is 2.45. The van der Waals surface area contributed by atoms with Gasteiger partial charge in [0.05, 0.1) is 19.8 Å². The van der Waals surface area contributed by atoms with Gasteiger partial charge in [-0.15, -0.1) is 0 Å². The molecule has 6 nitrogen and oxygen atoms in total. The van der Waals surface area contributed by atoms with E-state index in [1.165, 1.54) is 4.90 Å². The van der Waals surface area contributed by atoms with Crippen molar-refractivity contribution in [2.24, 2.45) is 5.92 Å². The molecule has 2 unspecified atom stereocenters. The number of benzene rings is 2. The number of likely N-dealkylation sites (N-methyl/N-ethyl adjacent to an activating group) is 1. The van der Waals surface area contributed by atoms with Crippen molar-refractivity contribution in [2.45, 2.75) is 12.3 Å². The first-order valence-corrected chi connectivity index (χ1v) is 10.6. The van der Waals surface area contributed by atoms with Crippen LogP contribution in [0.5, 0.6) is 0 Å². The molecule has 2 fully saturated rings. The lowest BCUT2D eigenvalue weighted by atomic mass is 10.1. The van der Waals surface area contributed by atoms with Crippen LogP contribution in [0.3, 0.4) is 0 Å². The van der Waals surface area contributed by atoms with Crippen LogP contribution in [-0.4, -0.2) is 56.6 Å². The maximum Gasteiger partial charge on any atom is 0.243 e. The summed E-state index contributed by atoms with van der Waals surface area (Å²) in [5.41, 5.74) is 2.92. The average molecular weight is 428 g/mol. The Balaban J connectivity index is 1.27. The molecule has 0 spiro atoms. The summed E-state index contributed by atoms with van der Waals surface area (Å²) >= 11 is 6.05. The third-order valence-electron chi connectivity index (χ3n) is 5.67. The lowest BCUT2D eigenvalue weighted by molar-refractivity contribution is -0.134. The first-order chi connectivity index (χ1) is 14.5. The van der Waals surface area contributed by atoms with E-state index in [1.54, 1.807) is 7.05 Å². The molecule has 1 aliphatic heterocycles. The molecule has 0 bridgehead atoms. The van der Waals surface area contributed by atoms with Crippen molar-refractivity contribution in [1.82, 2.24) is 4.90 Å². The van der Waals surface area contributed by atoms with Crippen LogP contribution in [0, 0.1) is 5.92 Å². The zero-order chi connectivity index (χ0) is 21.1. The molecule has 1 saturated heterocycles. The molecule has 2 aliphatic rings. The van der Waals surface area contributed by atoms with Crippen LogP contribution in [0.15, 0.2) is 48.5 Å². The van der Waals surface area contributed by atoms with E-state index < -0.39 is 0 Å². The highest BCUT2D eigenvalue weighted by atomic mass is 35.5. The van der Waals surface area contributed by atoms with E-state index in [9.17, 15) is 9.59 Å². The van der Waals surface area contributed by atoms with Gasteiger partial charge >= 0.3 is 0 Å². The monoisotopic (exact) mass is 427 g/mol. The Bertz CT molecular complexity index is 912. The summed E-state index contributed by atoms with van der Waals surface area (Å²) in [7, 11) is 1.68. The van der Waals surface area contributed by atoms with Crippen LogP contribution in [0.2, 0.25) is 5.02 Å². The Morgan fingerprint density at radius 1 is 1.17 bits per heavy atom. The molecule has 0 aromatic heterocycles. The van der Waals surface area contributed by atoms with Gasteiger partial charge in [0.2, 0.25) is 11.8 Å². The maximum absolute atomic E-state index is 12.7. The topological polar surface area (TPSA) is 61.9 Å². The maximum atomic E-state index is 12.7. The first kappa shape index (κ1) is 20.7. The number of amides is 2. The molecule has 2 atom stereocenters. The van der Waals surface area contributed by atoms with Crippen molar-refractivity contribution in [3.05, 3.63) is 59.1 Å². The molecule has 2 aromatic carbocycles. The summed E-state index contributed by atoms with van der Waals surface area (Å²) in [5, 5.41) is 3.55. The lowest BCUT2D eigenvalue weighted by Gasteiger charge is -2.28. The number of nitrogens with one attached hydrogen (secondary N) is 1. The standard InChI is InChI=1S/C23H26ClN3O3/c1-26(23(29)21-14-20(21)16-3-2-4-17(24)13-16)15-22(28)25-18-5-7-19(8-6-18)27-9-11-30-12-10-27/h2-8,13,20-21H,9-12,14-15H2,1H3,(H,25,28). The minimum Gasteiger partial charge on any atom is -0.378 e. The Morgan fingerprint density at radius 2 is 1.90 bits per heavy atom. The second kappa shape index (κ2) is 9.06. The van der Waals surface area contributed by atoms with Crippen LogP contribution in [0.25, 0.3) is 0 Å². The number of morpholine rings is 1. The van der Waals surface area contributed by atoms with E-state index in [4.69, 9.17) is 16.3 Å². The normalized spacial score (nSPS) is 20.5. The summed E-state index contributed by atoms with van der Waals surface area (Å²) < 4.78 is 5.38. The molecule has 30 heavy (non-hydrogen) atoms. The van der Waals surface area contributed by atoms with E-state index in [1.807, 2.05) is 48.5 Å². The van der Waals surface area contributed by atoms with E-state index in [2.05, 4.69) is 10.2 Å². The van der Waals surface area contributed by atoms with Gasteiger partial charge in [-0.1, -0.05) is 23.7 Å². The molecule has 4 rings (SSSR count). The van der Waals surface area contributed by atoms with Gasteiger partial charge in [0, 0.05) is 42.5 Å². The van der Waals surface area contributed by atoms with E-state index in [0.717, 1.165) is 49.7 Å².